The van der Waals surface area contributed by atoms with Gasteiger partial charge in [0.15, 0.2) is 0 Å². The Morgan fingerprint density at radius 1 is 1.04 bits per heavy atom. The highest BCUT2D eigenvalue weighted by Crippen LogP contribution is 2.44. The first kappa shape index (κ1) is 18.8. The topological polar surface area (TPSA) is 23.6 Å². The molecule has 148 valence electrons. The number of carbonyl (C=O) groups excluding carboxylic acids is 1. The predicted molar refractivity (Wildman–Crippen MR) is 102 cm³/mol. The fraction of sp³-hybridized carbons (Fsp3) is 0.409. The summed E-state index contributed by atoms with van der Waals surface area (Å²) in [6.07, 6.45) is 2.35. The van der Waals surface area contributed by atoms with Crippen molar-refractivity contribution >= 4 is 11.6 Å². The van der Waals surface area contributed by atoms with Crippen LogP contribution in [0.2, 0.25) is 0 Å². The zero-order valence-corrected chi connectivity index (χ0v) is 16.0. The minimum atomic E-state index is -0.841. The maximum atomic E-state index is 14.2. The Morgan fingerprint density at radius 3 is 2.50 bits per heavy atom. The van der Waals surface area contributed by atoms with Gasteiger partial charge >= 0.3 is 0 Å². The molecule has 0 bridgehead atoms. The van der Waals surface area contributed by atoms with Crippen LogP contribution < -0.4 is 4.90 Å². The smallest absolute Gasteiger partial charge is 0.257 e. The Bertz CT molecular complexity index is 914. The maximum absolute atomic E-state index is 14.2. The molecule has 2 heterocycles. The molecule has 2 aromatic carbocycles. The van der Waals surface area contributed by atoms with Crippen LogP contribution in [-0.4, -0.2) is 35.0 Å². The van der Waals surface area contributed by atoms with Crippen LogP contribution in [0.25, 0.3) is 0 Å². The van der Waals surface area contributed by atoms with E-state index in [9.17, 15) is 18.0 Å². The highest BCUT2D eigenvalue weighted by atomic mass is 19.1. The van der Waals surface area contributed by atoms with Crippen molar-refractivity contribution in [2.45, 2.75) is 50.7 Å². The molecular weight excluding hydrogens is 365 g/mol. The lowest BCUT2D eigenvalue weighted by atomic mass is 9.93. The Labute approximate surface area is 162 Å². The van der Waals surface area contributed by atoms with Crippen molar-refractivity contribution in [2.75, 3.05) is 11.4 Å². The summed E-state index contributed by atoms with van der Waals surface area (Å²) < 4.78 is 41.3. The molecule has 2 aliphatic heterocycles. The van der Waals surface area contributed by atoms with Gasteiger partial charge in [0.2, 0.25) is 0 Å². The number of carbonyl (C=O) groups is 1. The monoisotopic (exact) mass is 388 g/mol. The number of halogens is 3. The van der Waals surface area contributed by atoms with Gasteiger partial charge in [-0.2, -0.15) is 0 Å². The third-order valence-corrected chi connectivity index (χ3v) is 5.94. The average molecular weight is 388 g/mol. The van der Waals surface area contributed by atoms with Crippen LogP contribution in [0.1, 0.15) is 43.5 Å². The lowest BCUT2D eigenvalue weighted by molar-refractivity contribution is 0.0600. The first-order chi connectivity index (χ1) is 13.3. The van der Waals surface area contributed by atoms with Crippen LogP contribution in [0.4, 0.5) is 18.9 Å². The van der Waals surface area contributed by atoms with Crippen LogP contribution in [-0.2, 0) is 0 Å². The molecule has 2 atom stereocenters. The number of likely N-dealkylation sites (tertiary alicyclic amines) is 1. The quantitative estimate of drug-likeness (QED) is 0.740. The van der Waals surface area contributed by atoms with Crippen molar-refractivity contribution in [3.05, 3.63) is 65.5 Å². The third-order valence-electron chi connectivity index (χ3n) is 5.94. The van der Waals surface area contributed by atoms with Crippen LogP contribution >= 0.6 is 0 Å². The van der Waals surface area contributed by atoms with Crippen molar-refractivity contribution in [1.82, 2.24) is 4.90 Å². The lowest BCUT2D eigenvalue weighted by Gasteiger charge is -2.42. The number of anilines is 1. The van der Waals surface area contributed by atoms with E-state index >= 15 is 0 Å². The van der Waals surface area contributed by atoms with E-state index in [1.54, 1.807) is 11.0 Å². The molecule has 0 N–H and O–H groups in total. The summed E-state index contributed by atoms with van der Waals surface area (Å²) >= 11 is 0. The predicted octanol–water partition coefficient (Wildman–Crippen LogP) is 4.77. The molecule has 0 saturated carbocycles. The van der Waals surface area contributed by atoms with Gasteiger partial charge < -0.3 is 9.80 Å². The molecule has 2 aromatic rings. The molecule has 2 saturated heterocycles. The van der Waals surface area contributed by atoms with Gasteiger partial charge in [0, 0.05) is 23.8 Å². The van der Waals surface area contributed by atoms with E-state index in [4.69, 9.17) is 0 Å². The number of hydrogen-bond donors (Lipinski definition) is 0. The van der Waals surface area contributed by atoms with Crippen molar-refractivity contribution in [3.8, 4) is 0 Å². The molecule has 1 amide bonds. The molecule has 0 aromatic heterocycles. The number of piperidine rings is 1. The number of rotatable bonds is 2. The van der Waals surface area contributed by atoms with Crippen LogP contribution in [0.3, 0.4) is 0 Å². The van der Waals surface area contributed by atoms with Gasteiger partial charge in [-0.3, -0.25) is 4.79 Å². The molecule has 4 rings (SSSR count). The van der Waals surface area contributed by atoms with Gasteiger partial charge in [-0.1, -0.05) is 6.07 Å². The summed E-state index contributed by atoms with van der Waals surface area (Å²) in [5.74, 6) is -2.26. The van der Waals surface area contributed by atoms with E-state index in [0.29, 0.717) is 13.0 Å². The molecule has 0 spiro atoms. The Morgan fingerprint density at radius 2 is 1.79 bits per heavy atom. The molecule has 3 nitrogen and oxygen atoms in total. The first-order valence-electron chi connectivity index (χ1n) is 9.59. The number of nitrogens with zero attached hydrogens (tertiary/aromatic N) is 2. The fourth-order valence-corrected chi connectivity index (χ4v) is 4.88. The molecular formula is C22H23F3N2O. The number of amides is 1. The van der Waals surface area contributed by atoms with Crippen molar-refractivity contribution in [3.63, 3.8) is 0 Å². The van der Waals surface area contributed by atoms with Crippen molar-refractivity contribution in [1.29, 1.82) is 0 Å². The third kappa shape index (κ3) is 3.15. The van der Waals surface area contributed by atoms with E-state index in [1.807, 2.05) is 6.07 Å². The van der Waals surface area contributed by atoms with Gasteiger partial charge in [-0.25, -0.2) is 13.2 Å². The average Bonchev–Trinajstić information content (AvgIpc) is 2.90. The molecule has 6 heteroatoms. The normalized spacial score (nSPS) is 23.6. The van der Waals surface area contributed by atoms with Crippen LogP contribution in [0, 0.1) is 17.5 Å². The summed E-state index contributed by atoms with van der Waals surface area (Å²) in [7, 11) is 0. The number of hydrogen-bond acceptors (Lipinski definition) is 2. The number of fused-ring (bicyclic) bond motifs is 1. The SMILES string of the molecule is CC1(C)C[C@H]2[C@H](CCCN2C(=O)c2ccc(F)cc2F)N1c1cccc(F)c1. The minimum Gasteiger partial charge on any atom is -0.361 e. The highest BCUT2D eigenvalue weighted by molar-refractivity contribution is 5.95. The molecule has 28 heavy (non-hydrogen) atoms. The van der Waals surface area contributed by atoms with Gasteiger partial charge in [0.1, 0.15) is 17.5 Å². The maximum Gasteiger partial charge on any atom is 0.257 e. The first-order valence-corrected chi connectivity index (χ1v) is 9.59. The van der Waals surface area contributed by atoms with Crippen molar-refractivity contribution < 1.29 is 18.0 Å². The van der Waals surface area contributed by atoms with Crippen LogP contribution in [0.5, 0.6) is 0 Å². The van der Waals surface area contributed by atoms with E-state index in [2.05, 4.69) is 18.7 Å². The largest absolute Gasteiger partial charge is 0.361 e. The van der Waals surface area contributed by atoms with E-state index in [0.717, 1.165) is 30.7 Å². The Hall–Kier alpha value is -2.50. The Kier molecular flexibility index (Phi) is 4.60. The lowest BCUT2D eigenvalue weighted by Crippen LogP contribution is -2.53. The van der Waals surface area contributed by atoms with E-state index < -0.39 is 17.5 Å². The van der Waals surface area contributed by atoms with Gasteiger partial charge in [0.05, 0.1) is 17.6 Å². The molecule has 0 unspecified atom stereocenters. The van der Waals surface area contributed by atoms with E-state index in [1.165, 1.54) is 18.2 Å². The second-order valence-corrected chi connectivity index (χ2v) is 8.27. The minimum absolute atomic E-state index is 0.0259. The second kappa shape index (κ2) is 6.83. The molecule has 2 fully saturated rings. The van der Waals surface area contributed by atoms with Crippen molar-refractivity contribution in [2.24, 2.45) is 0 Å². The summed E-state index contributed by atoms with van der Waals surface area (Å²) in [5, 5.41) is 0. The summed E-state index contributed by atoms with van der Waals surface area (Å²) in [5.41, 5.74) is 0.400. The number of benzene rings is 2. The fourth-order valence-electron chi connectivity index (χ4n) is 4.88. The molecule has 2 aliphatic rings. The summed E-state index contributed by atoms with van der Waals surface area (Å²) in [6, 6.07) is 9.48. The standard InChI is InChI=1S/C22H23F3N2O/c1-22(2)13-20-19(27(22)16-6-3-5-14(23)11-16)7-4-10-26(20)21(28)17-9-8-15(24)12-18(17)25/h3,5-6,8-9,11-12,19-20H,4,7,10,13H2,1-2H3/t19-,20-/m0/s1. The Balaban J connectivity index is 1.68. The van der Waals surface area contributed by atoms with Gasteiger partial charge in [-0.15, -0.1) is 0 Å². The zero-order chi connectivity index (χ0) is 20.1. The van der Waals surface area contributed by atoms with E-state index in [-0.39, 0.29) is 29.0 Å². The van der Waals surface area contributed by atoms with Crippen LogP contribution in [0.15, 0.2) is 42.5 Å². The molecule has 0 aliphatic carbocycles. The highest BCUT2D eigenvalue weighted by Gasteiger charge is 2.50. The summed E-state index contributed by atoms with van der Waals surface area (Å²) in [4.78, 5) is 17.0. The summed E-state index contributed by atoms with van der Waals surface area (Å²) in [6.45, 7) is 4.69. The van der Waals surface area contributed by atoms with Gasteiger partial charge in [-0.05, 0) is 63.4 Å². The second-order valence-electron chi connectivity index (χ2n) is 8.27. The molecule has 0 radical (unpaired) electrons. The van der Waals surface area contributed by atoms with Gasteiger partial charge in [0.25, 0.3) is 5.91 Å². The zero-order valence-electron chi connectivity index (χ0n) is 16.0.